The van der Waals surface area contributed by atoms with Gasteiger partial charge in [-0.05, 0) is 32.9 Å². The summed E-state index contributed by atoms with van der Waals surface area (Å²) in [7, 11) is 0. The summed E-state index contributed by atoms with van der Waals surface area (Å²) in [5.74, 6) is 2.24. The molecule has 1 unspecified atom stereocenters. The molecule has 0 radical (unpaired) electrons. The maximum absolute atomic E-state index is 5.59. The second kappa shape index (κ2) is 6.63. The maximum atomic E-state index is 5.59. The van der Waals surface area contributed by atoms with Crippen LogP contribution < -0.4 is 5.32 Å². The predicted molar refractivity (Wildman–Crippen MR) is 100 cm³/mol. The van der Waals surface area contributed by atoms with E-state index in [2.05, 4.69) is 46.4 Å². The summed E-state index contributed by atoms with van der Waals surface area (Å²) in [4.78, 5) is 9.06. The first-order valence-corrected chi connectivity index (χ1v) is 8.60. The van der Waals surface area contributed by atoms with Gasteiger partial charge in [0.2, 0.25) is 5.58 Å². The zero-order valence-electron chi connectivity index (χ0n) is 15.0. The Morgan fingerprint density at radius 1 is 1.08 bits per heavy atom. The zero-order chi connectivity index (χ0) is 18.1. The van der Waals surface area contributed by atoms with Crippen molar-refractivity contribution in [3.63, 3.8) is 0 Å². The van der Waals surface area contributed by atoms with Crippen LogP contribution in [0.1, 0.15) is 24.1 Å². The molecule has 1 N–H and O–H groups in total. The van der Waals surface area contributed by atoms with E-state index in [1.165, 1.54) is 5.56 Å². The first kappa shape index (κ1) is 16.3. The standard InChI is InChI=1S/C20H20N4O2/c1-12-6-8-15(9-7-12)17-18-19(26-24-17)20(23-14(3)22-18)21-13(2)11-16-5-4-10-25-16/h4-10,13H,11H2,1-3H3,(H,21,22,23). The number of benzene rings is 1. The average molecular weight is 348 g/mol. The van der Waals surface area contributed by atoms with Crippen molar-refractivity contribution < 1.29 is 8.94 Å². The fraction of sp³-hybridized carbons (Fsp3) is 0.250. The van der Waals surface area contributed by atoms with Crippen molar-refractivity contribution in [1.82, 2.24) is 15.1 Å². The van der Waals surface area contributed by atoms with Gasteiger partial charge < -0.3 is 14.3 Å². The molecule has 1 aromatic carbocycles. The molecule has 0 amide bonds. The van der Waals surface area contributed by atoms with Gasteiger partial charge in [0, 0.05) is 18.0 Å². The van der Waals surface area contributed by atoms with Crippen molar-refractivity contribution in [2.45, 2.75) is 33.2 Å². The van der Waals surface area contributed by atoms with E-state index in [4.69, 9.17) is 8.94 Å². The van der Waals surface area contributed by atoms with Crippen LogP contribution in [0.4, 0.5) is 5.82 Å². The van der Waals surface area contributed by atoms with Crippen LogP contribution in [0.15, 0.2) is 51.6 Å². The number of hydrogen-bond donors (Lipinski definition) is 1. The third-order valence-electron chi connectivity index (χ3n) is 4.23. The highest BCUT2D eigenvalue weighted by Crippen LogP contribution is 2.30. The average Bonchev–Trinajstić information content (AvgIpc) is 3.25. The summed E-state index contributed by atoms with van der Waals surface area (Å²) in [5, 5.41) is 7.64. The highest BCUT2D eigenvalue weighted by molar-refractivity contribution is 5.93. The Balaban J connectivity index is 1.68. The number of aromatic nitrogens is 3. The van der Waals surface area contributed by atoms with E-state index in [0.29, 0.717) is 22.7 Å². The Bertz CT molecular complexity index is 1020. The van der Waals surface area contributed by atoms with Crippen molar-refractivity contribution in [3.05, 3.63) is 59.8 Å². The fourth-order valence-corrected chi connectivity index (χ4v) is 2.96. The minimum atomic E-state index is 0.117. The number of fused-ring (bicyclic) bond motifs is 1. The molecule has 0 bridgehead atoms. The van der Waals surface area contributed by atoms with E-state index in [-0.39, 0.29) is 6.04 Å². The lowest BCUT2D eigenvalue weighted by Gasteiger charge is -2.13. The Labute approximate surface area is 151 Å². The van der Waals surface area contributed by atoms with E-state index in [1.807, 2.05) is 31.2 Å². The first-order chi connectivity index (χ1) is 12.6. The van der Waals surface area contributed by atoms with Gasteiger partial charge in [-0.15, -0.1) is 0 Å². The zero-order valence-corrected chi connectivity index (χ0v) is 15.0. The maximum Gasteiger partial charge on any atom is 0.228 e. The Morgan fingerprint density at radius 3 is 2.62 bits per heavy atom. The third kappa shape index (κ3) is 3.18. The molecule has 6 nitrogen and oxygen atoms in total. The van der Waals surface area contributed by atoms with Gasteiger partial charge in [0.15, 0.2) is 5.82 Å². The summed E-state index contributed by atoms with van der Waals surface area (Å²) < 4.78 is 11.0. The van der Waals surface area contributed by atoms with E-state index in [9.17, 15) is 0 Å². The highest BCUT2D eigenvalue weighted by Gasteiger charge is 2.19. The summed E-state index contributed by atoms with van der Waals surface area (Å²) in [6.07, 6.45) is 2.43. The van der Waals surface area contributed by atoms with Gasteiger partial charge in [-0.25, -0.2) is 9.97 Å². The molecule has 3 aromatic heterocycles. The topological polar surface area (TPSA) is 77.0 Å². The molecular formula is C20H20N4O2. The monoisotopic (exact) mass is 348 g/mol. The van der Waals surface area contributed by atoms with E-state index in [1.54, 1.807) is 6.26 Å². The van der Waals surface area contributed by atoms with Crippen molar-refractivity contribution >= 4 is 16.9 Å². The van der Waals surface area contributed by atoms with Gasteiger partial charge in [-0.2, -0.15) is 0 Å². The lowest BCUT2D eigenvalue weighted by Crippen LogP contribution is -2.19. The van der Waals surface area contributed by atoms with Crippen LogP contribution in [0.2, 0.25) is 0 Å². The van der Waals surface area contributed by atoms with Crippen LogP contribution in [0.25, 0.3) is 22.4 Å². The molecule has 4 aromatic rings. The number of anilines is 1. The molecule has 6 heteroatoms. The van der Waals surface area contributed by atoms with Crippen LogP contribution in [0, 0.1) is 13.8 Å². The number of nitrogens with zero attached hydrogens (tertiary/aromatic N) is 3. The number of nitrogens with one attached hydrogen (secondary N) is 1. The molecule has 0 saturated carbocycles. The van der Waals surface area contributed by atoms with Gasteiger partial charge in [-0.3, -0.25) is 0 Å². The van der Waals surface area contributed by atoms with Gasteiger partial charge in [0.25, 0.3) is 0 Å². The van der Waals surface area contributed by atoms with Gasteiger partial charge >= 0.3 is 0 Å². The quantitative estimate of drug-likeness (QED) is 0.571. The van der Waals surface area contributed by atoms with E-state index in [0.717, 1.165) is 23.4 Å². The number of aryl methyl sites for hydroxylation is 2. The largest absolute Gasteiger partial charge is 0.469 e. The molecule has 132 valence electrons. The Morgan fingerprint density at radius 2 is 1.88 bits per heavy atom. The normalized spacial score (nSPS) is 12.4. The molecule has 4 rings (SSSR count). The minimum absolute atomic E-state index is 0.117. The molecule has 1 atom stereocenters. The Kier molecular flexibility index (Phi) is 4.16. The van der Waals surface area contributed by atoms with Crippen molar-refractivity contribution in [2.24, 2.45) is 0 Å². The van der Waals surface area contributed by atoms with Crippen molar-refractivity contribution in [2.75, 3.05) is 5.32 Å². The van der Waals surface area contributed by atoms with E-state index < -0.39 is 0 Å². The number of rotatable bonds is 5. The van der Waals surface area contributed by atoms with Crippen LogP contribution in [0.5, 0.6) is 0 Å². The summed E-state index contributed by atoms with van der Waals surface area (Å²) in [6, 6.07) is 12.1. The second-order valence-electron chi connectivity index (χ2n) is 6.52. The van der Waals surface area contributed by atoms with Crippen LogP contribution in [-0.4, -0.2) is 21.2 Å². The second-order valence-corrected chi connectivity index (χ2v) is 6.52. The summed E-state index contributed by atoms with van der Waals surface area (Å²) in [5.41, 5.74) is 4.18. The molecule has 26 heavy (non-hydrogen) atoms. The third-order valence-corrected chi connectivity index (χ3v) is 4.23. The summed E-state index contributed by atoms with van der Waals surface area (Å²) >= 11 is 0. The predicted octanol–water partition coefficient (Wildman–Crippen LogP) is 4.54. The first-order valence-electron chi connectivity index (χ1n) is 8.60. The minimum Gasteiger partial charge on any atom is -0.469 e. The van der Waals surface area contributed by atoms with Gasteiger partial charge in [-0.1, -0.05) is 35.0 Å². The molecule has 0 saturated heterocycles. The Hall–Kier alpha value is -3.15. The number of furan rings is 1. The molecular weight excluding hydrogens is 328 g/mol. The molecule has 0 aliphatic heterocycles. The van der Waals surface area contributed by atoms with Crippen LogP contribution in [-0.2, 0) is 6.42 Å². The highest BCUT2D eigenvalue weighted by atomic mass is 16.5. The molecule has 0 aliphatic rings. The van der Waals surface area contributed by atoms with Gasteiger partial charge in [0.05, 0.1) is 6.26 Å². The molecule has 0 spiro atoms. The fourth-order valence-electron chi connectivity index (χ4n) is 2.96. The smallest absolute Gasteiger partial charge is 0.228 e. The lowest BCUT2D eigenvalue weighted by molar-refractivity contribution is 0.458. The SMILES string of the molecule is Cc1ccc(-c2noc3c(NC(C)Cc4ccco4)nc(C)nc23)cc1. The van der Waals surface area contributed by atoms with Crippen LogP contribution >= 0.6 is 0 Å². The number of hydrogen-bond acceptors (Lipinski definition) is 6. The van der Waals surface area contributed by atoms with Crippen molar-refractivity contribution in [1.29, 1.82) is 0 Å². The van der Waals surface area contributed by atoms with E-state index >= 15 is 0 Å². The summed E-state index contributed by atoms with van der Waals surface area (Å²) in [6.45, 7) is 6.00. The molecule has 0 aliphatic carbocycles. The van der Waals surface area contributed by atoms with Crippen LogP contribution in [0.3, 0.4) is 0 Å². The van der Waals surface area contributed by atoms with Crippen molar-refractivity contribution in [3.8, 4) is 11.3 Å². The lowest BCUT2D eigenvalue weighted by atomic mass is 10.1. The van der Waals surface area contributed by atoms with Gasteiger partial charge in [0.1, 0.15) is 22.8 Å². The molecule has 3 heterocycles. The molecule has 0 fully saturated rings.